The summed E-state index contributed by atoms with van der Waals surface area (Å²) in [5, 5.41) is 0. The Morgan fingerprint density at radius 2 is 1.63 bits per heavy atom. The largest absolute Gasteiger partial charge is 0.496 e. The van der Waals surface area contributed by atoms with Crippen molar-refractivity contribution in [3.8, 4) is 5.75 Å². The van der Waals surface area contributed by atoms with Crippen LogP contribution in [0, 0.1) is 0 Å². The number of hydrogen-bond acceptors (Lipinski definition) is 7. The molecule has 1 heterocycles. The van der Waals surface area contributed by atoms with E-state index in [1.807, 2.05) is 0 Å². The van der Waals surface area contributed by atoms with Gasteiger partial charge in [0.1, 0.15) is 11.3 Å². The summed E-state index contributed by atoms with van der Waals surface area (Å²) in [5.74, 6) is -2.00. The predicted octanol–water partition coefficient (Wildman–Crippen LogP) is 2.60. The highest BCUT2D eigenvalue weighted by atomic mass is 16.6. The normalized spacial score (nSPS) is 12.7. The van der Waals surface area contributed by atoms with Gasteiger partial charge in [0, 0.05) is 0 Å². The lowest BCUT2D eigenvalue weighted by Gasteiger charge is -2.16. The maximum absolute atomic E-state index is 12.6. The second-order valence-corrected chi connectivity index (χ2v) is 6.89. The lowest BCUT2D eigenvalue weighted by atomic mass is 10.1. The van der Waals surface area contributed by atoms with Crippen LogP contribution in [0.1, 0.15) is 50.5 Å². The highest BCUT2D eigenvalue weighted by Gasteiger charge is 2.35. The Hall–Kier alpha value is -3.68. The SMILES string of the molecule is COc1ccc(CN2C(=O)c3ccccc3C2=O)cc1C(=O)OCC(=O)OC(C)C. The van der Waals surface area contributed by atoms with E-state index in [9.17, 15) is 19.2 Å². The third-order valence-electron chi connectivity index (χ3n) is 4.39. The molecule has 0 unspecified atom stereocenters. The van der Waals surface area contributed by atoms with E-state index in [1.165, 1.54) is 19.2 Å². The van der Waals surface area contributed by atoms with Gasteiger partial charge in [-0.05, 0) is 43.7 Å². The molecule has 0 bridgehead atoms. The quantitative estimate of drug-likeness (QED) is 0.510. The maximum atomic E-state index is 12.6. The molecule has 156 valence electrons. The van der Waals surface area contributed by atoms with Gasteiger partial charge in [0.05, 0.1) is 30.9 Å². The molecule has 0 radical (unpaired) electrons. The van der Waals surface area contributed by atoms with Gasteiger partial charge in [0.25, 0.3) is 11.8 Å². The number of imide groups is 1. The highest BCUT2D eigenvalue weighted by Crippen LogP contribution is 2.26. The summed E-state index contributed by atoms with van der Waals surface area (Å²) in [6, 6.07) is 11.2. The van der Waals surface area contributed by atoms with E-state index in [1.54, 1.807) is 44.2 Å². The van der Waals surface area contributed by atoms with Crippen molar-refractivity contribution in [1.29, 1.82) is 0 Å². The average molecular weight is 411 g/mol. The Kier molecular flexibility index (Phi) is 6.15. The topological polar surface area (TPSA) is 99.2 Å². The molecule has 1 aliphatic heterocycles. The van der Waals surface area contributed by atoms with E-state index < -0.39 is 30.4 Å². The number of benzene rings is 2. The van der Waals surface area contributed by atoms with Gasteiger partial charge in [-0.25, -0.2) is 9.59 Å². The van der Waals surface area contributed by atoms with Crippen molar-refractivity contribution < 1.29 is 33.4 Å². The lowest BCUT2D eigenvalue weighted by molar-refractivity contribution is -0.151. The molecule has 2 aromatic rings. The monoisotopic (exact) mass is 411 g/mol. The van der Waals surface area contributed by atoms with Crippen LogP contribution in [0.3, 0.4) is 0 Å². The molecule has 0 atom stereocenters. The van der Waals surface area contributed by atoms with E-state index in [4.69, 9.17) is 14.2 Å². The smallest absolute Gasteiger partial charge is 0.344 e. The van der Waals surface area contributed by atoms with Crippen molar-refractivity contribution >= 4 is 23.8 Å². The molecule has 2 amide bonds. The van der Waals surface area contributed by atoms with E-state index in [0.29, 0.717) is 16.7 Å². The maximum Gasteiger partial charge on any atom is 0.344 e. The predicted molar refractivity (Wildman–Crippen MR) is 105 cm³/mol. The van der Waals surface area contributed by atoms with Gasteiger partial charge in [0.2, 0.25) is 0 Å². The first-order chi connectivity index (χ1) is 14.3. The first-order valence-corrected chi connectivity index (χ1v) is 9.30. The molecule has 0 saturated heterocycles. The molecule has 0 aromatic heterocycles. The van der Waals surface area contributed by atoms with Gasteiger partial charge in [-0.3, -0.25) is 14.5 Å². The first-order valence-electron chi connectivity index (χ1n) is 9.30. The fraction of sp³-hybridized carbons (Fsp3) is 0.273. The van der Waals surface area contributed by atoms with Gasteiger partial charge >= 0.3 is 11.9 Å². The van der Waals surface area contributed by atoms with Gasteiger partial charge < -0.3 is 14.2 Å². The standard InChI is InChI=1S/C22H21NO7/c1-13(2)30-19(24)12-29-22(27)17-10-14(8-9-18(17)28-3)11-23-20(25)15-6-4-5-7-16(15)21(23)26/h4-10,13H,11-12H2,1-3H3. The molecular weight excluding hydrogens is 390 g/mol. The molecule has 1 aliphatic rings. The van der Waals surface area contributed by atoms with E-state index in [0.717, 1.165) is 4.90 Å². The van der Waals surface area contributed by atoms with Crippen molar-refractivity contribution in [2.24, 2.45) is 0 Å². The Morgan fingerprint density at radius 1 is 1.00 bits per heavy atom. The molecule has 2 aromatic carbocycles. The van der Waals surface area contributed by atoms with Crippen LogP contribution in [-0.2, 0) is 20.8 Å². The Bertz CT molecular complexity index is 977. The zero-order chi connectivity index (χ0) is 21.8. The second-order valence-electron chi connectivity index (χ2n) is 6.89. The zero-order valence-electron chi connectivity index (χ0n) is 16.8. The molecular formula is C22H21NO7. The Balaban J connectivity index is 1.76. The summed E-state index contributed by atoms with van der Waals surface area (Å²) in [5.41, 5.74) is 1.30. The van der Waals surface area contributed by atoms with Crippen LogP contribution in [-0.4, -0.2) is 48.5 Å². The number of nitrogens with zero attached hydrogens (tertiary/aromatic N) is 1. The third kappa shape index (κ3) is 4.32. The number of hydrogen-bond donors (Lipinski definition) is 0. The number of amides is 2. The van der Waals surface area contributed by atoms with Crippen LogP contribution >= 0.6 is 0 Å². The minimum Gasteiger partial charge on any atom is -0.496 e. The minimum absolute atomic E-state index is 0.0218. The molecule has 0 N–H and O–H groups in total. The van der Waals surface area contributed by atoms with E-state index >= 15 is 0 Å². The van der Waals surface area contributed by atoms with Crippen LogP contribution in [0.25, 0.3) is 0 Å². The van der Waals surface area contributed by atoms with Crippen molar-refractivity contribution in [2.75, 3.05) is 13.7 Å². The minimum atomic E-state index is -0.781. The highest BCUT2D eigenvalue weighted by molar-refractivity contribution is 6.21. The fourth-order valence-corrected chi connectivity index (χ4v) is 3.08. The van der Waals surface area contributed by atoms with Crippen molar-refractivity contribution in [2.45, 2.75) is 26.5 Å². The van der Waals surface area contributed by atoms with E-state index in [2.05, 4.69) is 0 Å². The zero-order valence-corrected chi connectivity index (χ0v) is 16.8. The van der Waals surface area contributed by atoms with Crippen LogP contribution in [0.5, 0.6) is 5.75 Å². The summed E-state index contributed by atoms with van der Waals surface area (Å²) in [7, 11) is 1.39. The molecule has 30 heavy (non-hydrogen) atoms. The number of fused-ring (bicyclic) bond motifs is 1. The summed E-state index contributed by atoms with van der Waals surface area (Å²) in [6.45, 7) is 2.81. The molecule has 0 saturated carbocycles. The number of rotatable bonds is 7. The molecule has 0 aliphatic carbocycles. The number of esters is 2. The molecule has 8 nitrogen and oxygen atoms in total. The number of ether oxygens (including phenoxy) is 3. The van der Waals surface area contributed by atoms with Crippen molar-refractivity contribution in [3.05, 3.63) is 64.7 Å². The van der Waals surface area contributed by atoms with Crippen LogP contribution < -0.4 is 4.74 Å². The summed E-state index contributed by atoms with van der Waals surface area (Å²) in [6.07, 6.45) is -0.325. The van der Waals surface area contributed by atoms with Crippen molar-refractivity contribution in [1.82, 2.24) is 4.90 Å². The lowest BCUT2D eigenvalue weighted by Crippen LogP contribution is -2.29. The van der Waals surface area contributed by atoms with Crippen LogP contribution in [0.15, 0.2) is 42.5 Å². The summed E-state index contributed by atoms with van der Waals surface area (Å²) < 4.78 is 15.1. The number of methoxy groups -OCH3 is 1. The third-order valence-corrected chi connectivity index (χ3v) is 4.39. The molecule has 3 rings (SSSR count). The fourth-order valence-electron chi connectivity index (χ4n) is 3.08. The molecule has 8 heteroatoms. The Morgan fingerprint density at radius 3 is 2.20 bits per heavy atom. The first kappa shape index (κ1) is 21.0. The summed E-state index contributed by atoms with van der Waals surface area (Å²) in [4.78, 5) is 50.3. The van der Waals surface area contributed by atoms with Crippen molar-refractivity contribution in [3.63, 3.8) is 0 Å². The second kappa shape index (κ2) is 8.77. The molecule has 0 spiro atoms. The number of carbonyl (C=O) groups excluding carboxylic acids is 4. The molecule has 0 fully saturated rings. The van der Waals surface area contributed by atoms with E-state index in [-0.39, 0.29) is 24.0 Å². The Labute approximate surface area is 173 Å². The summed E-state index contributed by atoms with van der Waals surface area (Å²) >= 11 is 0. The average Bonchev–Trinajstić information content (AvgIpc) is 2.96. The van der Waals surface area contributed by atoms with Crippen LogP contribution in [0.4, 0.5) is 0 Å². The number of carbonyl (C=O) groups is 4. The van der Waals surface area contributed by atoms with Crippen LogP contribution in [0.2, 0.25) is 0 Å². The van der Waals surface area contributed by atoms with Gasteiger partial charge in [-0.1, -0.05) is 18.2 Å². The van der Waals surface area contributed by atoms with Gasteiger partial charge in [-0.15, -0.1) is 0 Å². The van der Waals surface area contributed by atoms with Gasteiger partial charge in [0.15, 0.2) is 6.61 Å². The van der Waals surface area contributed by atoms with Gasteiger partial charge in [-0.2, -0.15) is 0 Å².